The molecule has 0 radical (unpaired) electrons. The molecule has 1 aliphatic rings. The summed E-state index contributed by atoms with van der Waals surface area (Å²) in [4.78, 5) is 17.6. The van der Waals surface area contributed by atoms with E-state index in [1.807, 2.05) is 18.2 Å². The van der Waals surface area contributed by atoms with E-state index in [0.717, 1.165) is 43.2 Å². The van der Waals surface area contributed by atoms with Gasteiger partial charge in [0.15, 0.2) is 0 Å². The van der Waals surface area contributed by atoms with Crippen LogP contribution in [0.3, 0.4) is 0 Å². The van der Waals surface area contributed by atoms with Crippen molar-refractivity contribution in [3.63, 3.8) is 0 Å². The number of nitrogens with one attached hydrogen (secondary N) is 1. The Morgan fingerprint density at radius 3 is 2.93 bits per heavy atom. The van der Waals surface area contributed by atoms with E-state index in [1.165, 1.54) is 0 Å². The largest absolute Gasteiger partial charge is 0.495 e. The number of pyridine rings is 1. The molecule has 1 fully saturated rings. The predicted octanol–water partition coefficient (Wildman–Crippen LogP) is 4.09. The molecule has 28 heavy (non-hydrogen) atoms. The summed E-state index contributed by atoms with van der Waals surface area (Å²) in [6.07, 6.45) is 2.74. The third kappa shape index (κ3) is 3.43. The quantitative estimate of drug-likeness (QED) is 0.514. The molecule has 7 nitrogen and oxygen atoms in total. The molecule has 0 saturated carbocycles. The summed E-state index contributed by atoms with van der Waals surface area (Å²) >= 11 is 0. The van der Waals surface area contributed by atoms with E-state index in [1.54, 1.807) is 37.6 Å². The van der Waals surface area contributed by atoms with Gasteiger partial charge in [-0.25, -0.2) is 0 Å². The van der Waals surface area contributed by atoms with Gasteiger partial charge in [0.05, 0.1) is 28.8 Å². The van der Waals surface area contributed by atoms with E-state index in [0.29, 0.717) is 16.8 Å². The molecule has 1 aromatic heterocycles. The summed E-state index contributed by atoms with van der Waals surface area (Å²) < 4.78 is 5.48. The molecule has 0 bridgehead atoms. The number of hydrogen-bond donors (Lipinski definition) is 1. The highest BCUT2D eigenvalue weighted by Crippen LogP contribution is 2.33. The van der Waals surface area contributed by atoms with Gasteiger partial charge in [0.1, 0.15) is 11.3 Å². The second kappa shape index (κ2) is 7.72. The van der Waals surface area contributed by atoms with Crippen molar-refractivity contribution in [2.75, 3.05) is 37.0 Å². The molecular formula is C21H22N4O3. The molecule has 1 N–H and O–H groups in total. The number of methoxy groups -OCH3 is 1. The molecule has 1 aliphatic heterocycles. The Balaban J connectivity index is 1.47. The molecule has 4 rings (SSSR count). The Bertz CT molecular complexity index is 1010. The minimum atomic E-state index is -0.365. The summed E-state index contributed by atoms with van der Waals surface area (Å²) in [6, 6.07) is 14.8. The number of rotatable bonds is 6. The minimum Gasteiger partial charge on any atom is -0.495 e. The van der Waals surface area contributed by atoms with E-state index < -0.39 is 0 Å². The molecule has 0 amide bonds. The third-order valence-corrected chi connectivity index (χ3v) is 5.24. The van der Waals surface area contributed by atoms with Gasteiger partial charge in [-0.05, 0) is 42.7 Å². The number of fused-ring (bicyclic) bond motifs is 1. The van der Waals surface area contributed by atoms with E-state index in [4.69, 9.17) is 4.74 Å². The van der Waals surface area contributed by atoms with Crippen LogP contribution in [0, 0.1) is 16.0 Å². The Labute approximate surface area is 163 Å². The maximum atomic E-state index is 11.3. The van der Waals surface area contributed by atoms with Gasteiger partial charge in [-0.1, -0.05) is 12.1 Å². The summed E-state index contributed by atoms with van der Waals surface area (Å²) in [5.74, 6) is 1.36. The number of anilines is 2. The van der Waals surface area contributed by atoms with Crippen LogP contribution in [0.4, 0.5) is 17.1 Å². The molecule has 1 atom stereocenters. The highest BCUT2D eigenvalue weighted by atomic mass is 16.6. The number of nitrogens with zero attached hydrogens (tertiary/aromatic N) is 3. The van der Waals surface area contributed by atoms with Gasteiger partial charge < -0.3 is 15.0 Å². The minimum absolute atomic E-state index is 0.0804. The average Bonchev–Trinajstić information content (AvgIpc) is 3.20. The Morgan fingerprint density at radius 1 is 1.25 bits per heavy atom. The fraction of sp³-hybridized carbons (Fsp3) is 0.286. The van der Waals surface area contributed by atoms with Gasteiger partial charge in [0.25, 0.3) is 5.69 Å². The first-order valence-electron chi connectivity index (χ1n) is 9.31. The fourth-order valence-electron chi connectivity index (χ4n) is 3.82. The van der Waals surface area contributed by atoms with Crippen LogP contribution in [0.15, 0.2) is 54.7 Å². The van der Waals surface area contributed by atoms with Gasteiger partial charge in [0, 0.05) is 31.9 Å². The maximum absolute atomic E-state index is 11.3. The predicted molar refractivity (Wildman–Crippen MR) is 110 cm³/mol. The van der Waals surface area contributed by atoms with Crippen molar-refractivity contribution < 1.29 is 9.66 Å². The van der Waals surface area contributed by atoms with Gasteiger partial charge in [-0.2, -0.15) is 0 Å². The first kappa shape index (κ1) is 18.0. The lowest BCUT2D eigenvalue weighted by molar-refractivity contribution is -0.383. The number of aromatic nitrogens is 1. The van der Waals surface area contributed by atoms with Crippen molar-refractivity contribution in [2.24, 2.45) is 5.92 Å². The molecule has 0 aliphatic carbocycles. The topological polar surface area (TPSA) is 80.5 Å². The summed E-state index contributed by atoms with van der Waals surface area (Å²) in [5, 5.41) is 15.3. The second-order valence-corrected chi connectivity index (χ2v) is 6.94. The maximum Gasteiger partial charge on any atom is 0.278 e. The molecule has 2 heterocycles. The highest BCUT2D eigenvalue weighted by Gasteiger charge is 2.25. The van der Waals surface area contributed by atoms with Crippen LogP contribution in [-0.4, -0.2) is 36.7 Å². The van der Waals surface area contributed by atoms with Crippen LogP contribution in [0.5, 0.6) is 5.75 Å². The van der Waals surface area contributed by atoms with E-state index in [9.17, 15) is 10.1 Å². The first-order valence-corrected chi connectivity index (χ1v) is 9.31. The molecule has 0 spiro atoms. The van der Waals surface area contributed by atoms with Crippen molar-refractivity contribution in [3.05, 3.63) is 64.8 Å². The fourth-order valence-corrected chi connectivity index (χ4v) is 3.82. The van der Waals surface area contributed by atoms with Crippen molar-refractivity contribution >= 4 is 28.0 Å². The molecular weight excluding hydrogens is 356 g/mol. The van der Waals surface area contributed by atoms with Crippen LogP contribution >= 0.6 is 0 Å². The third-order valence-electron chi connectivity index (χ3n) is 5.24. The van der Waals surface area contributed by atoms with E-state index in [-0.39, 0.29) is 10.6 Å². The van der Waals surface area contributed by atoms with Crippen LogP contribution in [-0.2, 0) is 0 Å². The zero-order valence-corrected chi connectivity index (χ0v) is 15.7. The first-order chi connectivity index (χ1) is 13.7. The smallest absolute Gasteiger partial charge is 0.278 e. The molecule has 1 saturated heterocycles. The summed E-state index contributed by atoms with van der Waals surface area (Å²) in [6.45, 7) is 2.70. The number of benzene rings is 2. The van der Waals surface area contributed by atoms with Gasteiger partial charge in [-0.15, -0.1) is 0 Å². The van der Waals surface area contributed by atoms with Crippen molar-refractivity contribution in [2.45, 2.75) is 6.42 Å². The van der Waals surface area contributed by atoms with Gasteiger partial charge in [-0.3, -0.25) is 15.1 Å². The average molecular weight is 378 g/mol. The van der Waals surface area contributed by atoms with Crippen LogP contribution in [0.25, 0.3) is 10.9 Å². The SMILES string of the molecule is COc1ccccc1N1CC[C@H](CNc2ccc([N+](=O)[O-])c3cccnc23)C1. The zero-order chi connectivity index (χ0) is 19.5. The summed E-state index contributed by atoms with van der Waals surface area (Å²) in [7, 11) is 1.70. The summed E-state index contributed by atoms with van der Waals surface area (Å²) in [5.41, 5.74) is 2.67. The Kier molecular flexibility index (Phi) is 4.97. The number of ether oxygens (including phenoxy) is 1. The monoisotopic (exact) mass is 378 g/mol. The number of nitro groups is 1. The molecule has 2 aromatic carbocycles. The normalized spacial score (nSPS) is 16.3. The van der Waals surface area contributed by atoms with Crippen molar-refractivity contribution in [1.82, 2.24) is 4.98 Å². The Hall–Kier alpha value is -3.35. The van der Waals surface area contributed by atoms with Crippen molar-refractivity contribution in [3.8, 4) is 5.75 Å². The number of hydrogen-bond acceptors (Lipinski definition) is 6. The van der Waals surface area contributed by atoms with Gasteiger partial charge >= 0.3 is 0 Å². The van der Waals surface area contributed by atoms with Crippen molar-refractivity contribution in [1.29, 1.82) is 0 Å². The number of non-ortho nitro benzene ring substituents is 1. The molecule has 0 unspecified atom stereocenters. The van der Waals surface area contributed by atoms with E-state index in [2.05, 4.69) is 21.3 Å². The zero-order valence-electron chi connectivity index (χ0n) is 15.7. The van der Waals surface area contributed by atoms with E-state index >= 15 is 0 Å². The molecule has 144 valence electrons. The van der Waals surface area contributed by atoms with Crippen LogP contribution < -0.4 is 15.0 Å². The number of para-hydroxylation sites is 2. The lowest BCUT2D eigenvalue weighted by Crippen LogP contribution is -2.23. The highest BCUT2D eigenvalue weighted by molar-refractivity contribution is 5.96. The lowest BCUT2D eigenvalue weighted by Gasteiger charge is -2.21. The Morgan fingerprint density at radius 2 is 2.11 bits per heavy atom. The standard InChI is InChI=1S/C21H22N4O3/c1-28-20-7-3-2-6-19(20)24-12-10-15(14-24)13-23-17-8-9-18(25(26)27)16-5-4-11-22-21(16)17/h2-9,11,15,23H,10,12-14H2,1H3/t15-/m1/s1. The molecule has 7 heteroatoms. The second-order valence-electron chi connectivity index (χ2n) is 6.94. The van der Waals surface area contributed by atoms with Crippen LogP contribution in [0.2, 0.25) is 0 Å². The van der Waals surface area contributed by atoms with Crippen LogP contribution in [0.1, 0.15) is 6.42 Å². The lowest BCUT2D eigenvalue weighted by atomic mass is 10.1. The number of nitro benzene ring substituents is 1. The molecule has 3 aromatic rings. The van der Waals surface area contributed by atoms with Gasteiger partial charge in [0.2, 0.25) is 0 Å².